The van der Waals surface area contributed by atoms with Gasteiger partial charge in [0.1, 0.15) is 29.3 Å². The fourth-order valence-corrected chi connectivity index (χ4v) is 4.74. The van der Waals surface area contributed by atoms with Crippen molar-refractivity contribution in [3.8, 4) is 22.8 Å². The second-order valence-electron chi connectivity index (χ2n) is 9.65. The molecule has 9 heteroatoms. The predicted octanol–water partition coefficient (Wildman–Crippen LogP) is 4.01. The Labute approximate surface area is 210 Å². The minimum Gasteiger partial charge on any atom is -0.457 e. The molecule has 1 unspecified atom stereocenters. The second kappa shape index (κ2) is 9.94. The SMILES string of the molecule is CC(C)C[C@@H](N)C(=O)N1CCC(n2nc(-c3ccc(Oc4ccccc4)cc3)c3c(N)ncnc32)C1. The van der Waals surface area contributed by atoms with Gasteiger partial charge in [0, 0.05) is 18.7 Å². The lowest BCUT2D eigenvalue weighted by molar-refractivity contribution is -0.132. The van der Waals surface area contributed by atoms with E-state index in [1.807, 2.05) is 64.2 Å². The van der Waals surface area contributed by atoms with Gasteiger partial charge in [-0.1, -0.05) is 32.0 Å². The molecule has 4 N–H and O–H groups in total. The molecule has 1 aliphatic heterocycles. The van der Waals surface area contributed by atoms with Crippen LogP contribution in [0.1, 0.15) is 32.7 Å². The van der Waals surface area contributed by atoms with Gasteiger partial charge in [0.25, 0.3) is 0 Å². The third-order valence-electron chi connectivity index (χ3n) is 6.49. The van der Waals surface area contributed by atoms with Crippen molar-refractivity contribution in [2.75, 3.05) is 18.8 Å². The predicted molar refractivity (Wildman–Crippen MR) is 139 cm³/mol. The number of rotatable bonds is 7. The number of nitrogens with zero attached hydrogens (tertiary/aromatic N) is 5. The fraction of sp³-hybridized carbons (Fsp3) is 0.333. The smallest absolute Gasteiger partial charge is 0.239 e. The van der Waals surface area contributed by atoms with Crippen molar-refractivity contribution >= 4 is 22.8 Å². The first-order valence-corrected chi connectivity index (χ1v) is 12.3. The molecule has 0 aliphatic carbocycles. The number of carbonyl (C=O) groups is 1. The van der Waals surface area contributed by atoms with E-state index >= 15 is 0 Å². The zero-order valence-electron chi connectivity index (χ0n) is 20.5. The Balaban J connectivity index is 1.42. The molecule has 0 bridgehead atoms. The Bertz CT molecular complexity index is 1350. The minimum atomic E-state index is -0.483. The summed E-state index contributed by atoms with van der Waals surface area (Å²) >= 11 is 0. The number of carbonyl (C=O) groups excluding carboxylic acids is 1. The maximum Gasteiger partial charge on any atom is 0.239 e. The number of hydrogen-bond acceptors (Lipinski definition) is 7. The average molecular weight is 486 g/mol. The van der Waals surface area contributed by atoms with E-state index in [0.29, 0.717) is 48.0 Å². The van der Waals surface area contributed by atoms with Crippen molar-refractivity contribution in [1.29, 1.82) is 0 Å². The van der Waals surface area contributed by atoms with Gasteiger partial charge in [0.2, 0.25) is 5.91 Å². The van der Waals surface area contributed by atoms with Crippen molar-refractivity contribution in [3.05, 3.63) is 60.9 Å². The first kappa shape index (κ1) is 23.7. The summed E-state index contributed by atoms with van der Waals surface area (Å²) < 4.78 is 7.81. The molecule has 186 valence electrons. The Morgan fingerprint density at radius 3 is 2.53 bits per heavy atom. The van der Waals surface area contributed by atoms with Gasteiger partial charge in [-0.3, -0.25) is 4.79 Å². The zero-order chi connectivity index (χ0) is 25.2. The average Bonchev–Trinajstić information content (AvgIpc) is 3.50. The number of anilines is 1. The molecule has 1 fully saturated rings. The molecule has 5 rings (SSSR count). The summed E-state index contributed by atoms with van der Waals surface area (Å²) in [6, 6.07) is 16.8. The van der Waals surface area contributed by atoms with Gasteiger partial charge in [0.15, 0.2) is 5.65 Å². The van der Waals surface area contributed by atoms with Crippen LogP contribution in [0.25, 0.3) is 22.3 Å². The van der Waals surface area contributed by atoms with Gasteiger partial charge >= 0.3 is 0 Å². The molecule has 0 saturated carbocycles. The molecule has 2 aromatic carbocycles. The fourth-order valence-electron chi connectivity index (χ4n) is 4.74. The van der Waals surface area contributed by atoms with Crippen LogP contribution in [0.15, 0.2) is 60.9 Å². The zero-order valence-corrected chi connectivity index (χ0v) is 20.5. The van der Waals surface area contributed by atoms with E-state index < -0.39 is 6.04 Å². The van der Waals surface area contributed by atoms with Crippen LogP contribution in [-0.4, -0.2) is 49.7 Å². The third-order valence-corrected chi connectivity index (χ3v) is 6.49. The normalized spacial score (nSPS) is 16.6. The van der Waals surface area contributed by atoms with Crippen LogP contribution < -0.4 is 16.2 Å². The van der Waals surface area contributed by atoms with E-state index in [0.717, 1.165) is 23.5 Å². The Morgan fingerprint density at radius 2 is 1.81 bits per heavy atom. The van der Waals surface area contributed by atoms with Gasteiger partial charge in [0.05, 0.1) is 17.5 Å². The molecule has 36 heavy (non-hydrogen) atoms. The van der Waals surface area contributed by atoms with Crippen molar-refractivity contribution < 1.29 is 9.53 Å². The topological polar surface area (TPSA) is 125 Å². The van der Waals surface area contributed by atoms with Crippen LogP contribution in [0, 0.1) is 5.92 Å². The summed E-state index contributed by atoms with van der Waals surface area (Å²) in [5, 5.41) is 5.63. The molecule has 2 atom stereocenters. The highest BCUT2D eigenvalue weighted by Gasteiger charge is 2.33. The van der Waals surface area contributed by atoms with E-state index in [1.165, 1.54) is 6.33 Å². The number of amides is 1. The number of para-hydroxylation sites is 1. The molecule has 2 aromatic heterocycles. The summed E-state index contributed by atoms with van der Waals surface area (Å²) in [5.41, 5.74) is 14.7. The van der Waals surface area contributed by atoms with Crippen molar-refractivity contribution in [3.63, 3.8) is 0 Å². The standard InChI is InChI=1S/C27H31N7O2/c1-17(2)14-22(28)27(35)33-13-12-19(15-33)34-26-23(25(29)30-16-31-26)24(32-34)18-8-10-21(11-9-18)36-20-6-4-3-5-7-20/h3-11,16-17,19,22H,12-15,28H2,1-2H3,(H2,29,30,31)/t19?,22-/m1/s1. The summed E-state index contributed by atoms with van der Waals surface area (Å²) in [5.74, 6) is 2.22. The number of likely N-dealkylation sites (tertiary alicyclic amines) is 1. The van der Waals surface area contributed by atoms with Gasteiger partial charge in [-0.05, 0) is 55.2 Å². The quantitative estimate of drug-likeness (QED) is 0.405. The molecule has 1 amide bonds. The number of ether oxygens (including phenoxy) is 1. The lowest BCUT2D eigenvalue weighted by atomic mass is 10.0. The monoisotopic (exact) mass is 485 g/mol. The number of fused-ring (bicyclic) bond motifs is 1. The number of nitrogens with two attached hydrogens (primary N) is 2. The number of hydrogen-bond donors (Lipinski definition) is 2. The van der Waals surface area contributed by atoms with Crippen LogP contribution in [0.3, 0.4) is 0 Å². The van der Waals surface area contributed by atoms with E-state index in [2.05, 4.69) is 23.8 Å². The van der Waals surface area contributed by atoms with Crippen LogP contribution in [0.2, 0.25) is 0 Å². The molecular weight excluding hydrogens is 454 g/mol. The summed E-state index contributed by atoms with van der Waals surface area (Å²) in [6.07, 6.45) is 2.89. The number of nitrogen functional groups attached to an aromatic ring is 1. The molecule has 1 aliphatic rings. The largest absolute Gasteiger partial charge is 0.457 e. The highest BCUT2D eigenvalue weighted by Crippen LogP contribution is 2.35. The lowest BCUT2D eigenvalue weighted by Crippen LogP contribution is -2.43. The van der Waals surface area contributed by atoms with Gasteiger partial charge < -0.3 is 21.1 Å². The molecule has 0 radical (unpaired) electrons. The first-order chi connectivity index (χ1) is 17.4. The second-order valence-corrected chi connectivity index (χ2v) is 9.65. The maximum atomic E-state index is 12.9. The van der Waals surface area contributed by atoms with Gasteiger partial charge in [-0.15, -0.1) is 0 Å². The van der Waals surface area contributed by atoms with E-state index in [4.69, 9.17) is 21.3 Å². The summed E-state index contributed by atoms with van der Waals surface area (Å²) in [6.45, 7) is 5.32. The van der Waals surface area contributed by atoms with Gasteiger partial charge in [-0.2, -0.15) is 5.10 Å². The third kappa shape index (κ3) is 4.74. The van der Waals surface area contributed by atoms with Crippen molar-refractivity contribution in [2.24, 2.45) is 11.7 Å². The van der Waals surface area contributed by atoms with Crippen LogP contribution in [0.4, 0.5) is 5.82 Å². The summed E-state index contributed by atoms with van der Waals surface area (Å²) in [7, 11) is 0. The number of aromatic nitrogens is 4. The van der Waals surface area contributed by atoms with Gasteiger partial charge in [-0.25, -0.2) is 14.6 Å². The van der Waals surface area contributed by atoms with Crippen molar-refractivity contribution in [2.45, 2.75) is 38.8 Å². The highest BCUT2D eigenvalue weighted by atomic mass is 16.5. The minimum absolute atomic E-state index is 0.00831. The summed E-state index contributed by atoms with van der Waals surface area (Å²) in [4.78, 5) is 23.4. The molecule has 3 heterocycles. The first-order valence-electron chi connectivity index (χ1n) is 12.3. The molecule has 0 spiro atoms. The van der Waals surface area contributed by atoms with E-state index in [1.54, 1.807) is 0 Å². The lowest BCUT2D eigenvalue weighted by Gasteiger charge is -2.22. The van der Waals surface area contributed by atoms with E-state index in [-0.39, 0.29) is 11.9 Å². The Hall–Kier alpha value is -3.98. The Kier molecular flexibility index (Phi) is 6.56. The van der Waals surface area contributed by atoms with Crippen molar-refractivity contribution in [1.82, 2.24) is 24.6 Å². The number of benzene rings is 2. The molecule has 4 aromatic rings. The maximum absolute atomic E-state index is 12.9. The molecule has 9 nitrogen and oxygen atoms in total. The highest BCUT2D eigenvalue weighted by molar-refractivity contribution is 5.98. The van der Waals surface area contributed by atoms with E-state index in [9.17, 15) is 4.79 Å². The Morgan fingerprint density at radius 1 is 1.08 bits per heavy atom. The molecular formula is C27H31N7O2. The molecule has 1 saturated heterocycles. The van der Waals surface area contributed by atoms with Crippen LogP contribution in [-0.2, 0) is 4.79 Å². The van der Waals surface area contributed by atoms with Crippen LogP contribution in [0.5, 0.6) is 11.5 Å². The van der Waals surface area contributed by atoms with Crippen LogP contribution >= 0.6 is 0 Å².